The Bertz CT molecular complexity index is 3630. The van der Waals surface area contributed by atoms with Crippen LogP contribution in [0.3, 0.4) is 0 Å². The molecule has 6 aliphatic rings. The van der Waals surface area contributed by atoms with Crippen molar-refractivity contribution in [1.82, 2.24) is 4.57 Å². The molecule has 64 heavy (non-hydrogen) atoms. The van der Waals surface area contributed by atoms with E-state index in [4.69, 9.17) is 4.99 Å². The lowest BCUT2D eigenvalue weighted by Gasteiger charge is -2.38. The molecule has 5 aliphatic carbocycles. The van der Waals surface area contributed by atoms with Gasteiger partial charge in [0.15, 0.2) is 0 Å². The lowest BCUT2D eigenvalue weighted by Crippen LogP contribution is -2.29. The van der Waals surface area contributed by atoms with Crippen LogP contribution in [0.4, 0.5) is 11.4 Å². The maximum atomic E-state index is 5.49. The van der Waals surface area contributed by atoms with Crippen molar-refractivity contribution in [2.75, 3.05) is 5.32 Å². The summed E-state index contributed by atoms with van der Waals surface area (Å²) in [5, 5.41) is 9.30. The summed E-state index contributed by atoms with van der Waals surface area (Å²) in [5.74, 6) is 1.49. The number of rotatable bonds is 2. The standard InChI is InChI=1S/C61H43N3/c1-2-15-38-35(14-1)32-33-47-54(57-45-21-6-5-20-44(45)56-49-34-48-40(39-16-3-4-17-41(39)49)22-13-23-46(48)58(56)59(57)55(38)47)36-28-30-37(31-29-36)60-61(63-51-25-10-9-24-50(51)62-60)64-52-26-11-7-18-42(52)43-19-8-12-27-53(43)64/h1,3-14,16-31,49,54,60,62H,2,15,32-34H2/t49?,54-,60?/m1/s1. The zero-order valence-corrected chi connectivity index (χ0v) is 35.4. The molecular formula is C61H43N3. The first-order chi connectivity index (χ1) is 31.8. The zero-order chi connectivity index (χ0) is 41.6. The minimum absolute atomic E-state index is 0.158. The molecule has 1 N–H and O–H groups in total. The number of fused-ring (bicyclic) bond motifs is 18. The molecule has 0 saturated heterocycles. The molecule has 8 aromatic carbocycles. The Morgan fingerprint density at radius 2 is 1.22 bits per heavy atom. The summed E-state index contributed by atoms with van der Waals surface area (Å²) in [5.41, 5.74) is 26.6. The van der Waals surface area contributed by atoms with Gasteiger partial charge in [-0.25, -0.2) is 4.99 Å². The Morgan fingerprint density at radius 1 is 0.547 bits per heavy atom. The molecule has 0 fully saturated rings. The number of aromatic nitrogens is 1. The topological polar surface area (TPSA) is 29.3 Å². The van der Waals surface area contributed by atoms with Gasteiger partial charge in [-0.2, -0.15) is 0 Å². The Labute approximate surface area is 372 Å². The summed E-state index contributed by atoms with van der Waals surface area (Å²) in [6, 6.07) is 61.4. The number of para-hydroxylation sites is 4. The maximum absolute atomic E-state index is 5.49. The van der Waals surface area contributed by atoms with E-state index in [2.05, 4.69) is 186 Å². The minimum atomic E-state index is -0.158. The fraction of sp³-hybridized carbons (Fsp3) is 0.131. The molecule has 0 radical (unpaired) electrons. The molecule has 0 amide bonds. The highest BCUT2D eigenvalue weighted by Gasteiger charge is 2.44. The van der Waals surface area contributed by atoms with Gasteiger partial charge in [0.1, 0.15) is 11.9 Å². The summed E-state index contributed by atoms with van der Waals surface area (Å²) in [7, 11) is 0. The van der Waals surface area contributed by atoms with Crippen LogP contribution in [-0.2, 0) is 6.42 Å². The SMILES string of the molecule is C1=CC2=C(CC1)C1=C(CC2)[C@@H](c2ccc(C3Nc4ccccc4N=C3n3c4ccccc4c4ccccc43)cc2)c2c1c1c(c3ccccc23)C2Cc3c(cccc3-1)-c1ccccc12. The van der Waals surface area contributed by atoms with Gasteiger partial charge in [0.2, 0.25) is 0 Å². The van der Waals surface area contributed by atoms with E-state index in [0.717, 1.165) is 49.3 Å². The van der Waals surface area contributed by atoms with Gasteiger partial charge in [-0.05, 0) is 151 Å². The van der Waals surface area contributed by atoms with Crippen LogP contribution in [0.15, 0.2) is 198 Å². The average molecular weight is 818 g/mol. The van der Waals surface area contributed by atoms with Crippen LogP contribution in [-0.4, -0.2) is 10.4 Å². The normalized spacial score (nSPS) is 19.8. The molecule has 3 heteroatoms. The summed E-state index contributed by atoms with van der Waals surface area (Å²) in [6.45, 7) is 0. The van der Waals surface area contributed by atoms with Crippen LogP contribution in [0.2, 0.25) is 0 Å². The first-order valence-corrected chi connectivity index (χ1v) is 23.2. The first kappa shape index (κ1) is 35.0. The van der Waals surface area contributed by atoms with Crippen molar-refractivity contribution in [2.24, 2.45) is 4.99 Å². The molecule has 302 valence electrons. The lowest BCUT2D eigenvalue weighted by molar-refractivity contribution is 0.788. The predicted octanol–water partition coefficient (Wildman–Crippen LogP) is 15.4. The predicted molar refractivity (Wildman–Crippen MR) is 265 cm³/mol. The number of nitrogens with one attached hydrogen (secondary N) is 1. The van der Waals surface area contributed by atoms with Crippen molar-refractivity contribution < 1.29 is 0 Å². The number of hydrogen-bond donors (Lipinski definition) is 1. The number of benzene rings is 8. The van der Waals surface area contributed by atoms with E-state index in [0.29, 0.717) is 5.92 Å². The molecule has 2 bridgehead atoms. The fourth-order valence-electron chi connectivity index (χ4n) is 13.1. The van der Waals surface area contributed by atoms with Crippen LogP contribution in [0.25, 0.3) is 60.4 Å². The van der Waals surface area contributed by atoms with Crippen molar-refractivity contribution in [1.29, 1.82) is 0 Å². The molecule has 9 aromatic rings. The van der Waals surface area contributed by atoms with E-state index in [-0.39, 0.29) is 12.0 Å². The van der Waals surface area contributed by atoms with E-state index in [1.54, 1.807) is 22.3 Å². The Kier molecular flexibility index (Phi) is 7.13. The monoisotopic (exact) mass is 817 g/mol. The molecule has 3 atom stereocenters. The van der Waals surface area contributed by atoms with Gasteiger partial charge >= 0.3 is 0 Å². The van der Waals surface area contributed by atoms with Crippen molar-refractivity contribution >= 4 is 55.4 Å². The zero-order valence-electron chi connectivity index (χ0n) is 35.4. The van der Waals surface area contributed by atoms with Crippen molar-refractivity contribution in [3.05, 3.63) is 232 Å². The molecule has 2 unspecified atom stereocenters. The highest BCUT2D eigenvalue weighted by atomic mass is 15.2. The molecular weight excluding hydrogens is 775 g/mol. The van der Waals surface area contributed by atoms with Crippen LogP contribution in [0.1, 0.15) is 82.5 Å². The Hall–Kier alpha value is -7.49. The van der Waals surface area contributed by atoms with Gasteiger partial charge in [0.25, 0.3) is 0 Å². The van der Waals surface area contributed by atoms with Crippen LogP contribution < -0.4 is 5.32 Å². The van der Waals surface area contributed by atoms with Crippen LogP contribution >= 0.6 is 0 Å². The fourth-order valence-corrected chi connectivity index (χ4v) is 13.1. The van der Waals surface area contributed by atoms with E-state index in [9.17, 15) is 0 Å². The first-order valence-electron chi connectivity index (χ1n) is 23.2. The molecule has 1 aromatic heterocycles. The molecule has 2 heterocycles. The second-order valence-electron chi connectivity index (χ2n) is 18.7. The van der Waals surface area contributed by atoms with E-state index >= 15 is 0 Å². The summed E-state index contributed by atoms with van der Waals surface area (Å²) < 4.78 is 2.39. The molecule has 0 saturated carbocycles. The number of aliphatic imine (C=N–C) groups is 1. The minimum Gasteiger partial charge on any atom is -0.370 e. The third-order valence-corrected chi connectivity index (χ3v) is 15.7. The summed E-state index contributed by atoms with van der Waals surface area (Å²) >= 11 is 0. The van der Waals surface area contributed by atoms with Gasteiger partial charge in [0.05, 0.1) is 22.4 Å². The number of anilines is 1. The van der Waals surface area contributed by atoms with E-state index in [1.165, 1.54) is 93.8 Å². The van der Waals surface area contributed by atoms with E-state index < -0.39 is 0 Å². The van der Waals surface area contributed by atoms with Gasteiger partial charge in [-0.1, -0.05) is 152 Å². The number of hydrogen-bond acceptors (Lipinski definition) is 2. The second kappa shape index (κ2) is 13.0. The highest BCUT2D eigenvalue weighted by molar-refractivity contribution is 6.17. The largest absolute Gasteiger partial charge is 0.370 e. The lowest BCUT2D eigenvalue weighted by atomic mass is 9.65. The van der Waals surface area contributed by atoms with Gasteiger partial charge in [-0.15, -0.1) is 0 Å². The van der Waals surface area contributed by atoms with Crippen molar-refractivity contribution in [3.63, 3.8) is 0 Å². The van der Waals surface area contributed by atoms with Crippen LogP contribution in [0, 0.1) is 0 Å². The van der Waals surface area contributed by atoms with Crippen LogP contribution in [0.5, 0.6) is 0 Å². The third-order valence-electron chi connectivity index (χ3n) is 15.7. The second-order valence-corrected chi connectivity index (χ2v) is 18.7. The summed E-state index contributed by atoms with van der Waals surface area (Å²) in [6.07, 6.45) is 10.3. The number of nitrogens with zero attached hydrogens (tertiary/aromatic N) is 2. The third kappa shape index (κ3) is 4.63. The maximum Gasteiger partial charge on any atom is 0.141 e. The molecule has 1 aliphatic heterocycles. The molecule has 3 nitrogen and oxygen atoms in total. The molecule has 15 rings (SSSR count). The Balaban J connectivity index is 0.950. The van der Waals surface area contributed by atoms with Crippen molar-refractivity contribution in [3.8, 4) is 22.3 Å². The highest BCUT2D eigenvalue weighted by Crippen LogP contribution is 2.63. The van der Waals surface area contributed by atoms with Gasteiger partial charge < -0.3 is 5.32 Å². The quantitative estimate of drug-likeness (QED) is 0.185. The smallest absolute Gasteiger partial charge is 0.141 e. The average Bonchev–Trinajstić information content (AvgIpc) is 3.90. The Morgan fingerprint density at radius 3 is 2.05 bits per heavy atom. The summed E-state index contributed by atoms with van der Waals surface area (Å²) in [4.78, 5) is 5.49. The molecule has 0 spiro atoms. The van der Waals surface area contributed by atoms with Crippen molar-refractivity contribution in [2.45, 2.75) is 50.0 Å². The van der Waals surface area contributed by atoms with Gasteiger partial charge in [-0.3, -0.25) is 4.57 Å². The van der Waals surface area contributed by atoms with Gasteiger partial charge in [0, 0.05) is 22.6 Å². The number of allylic oxidation sites excluding steroid dienone is 6. The van der Waals surface area contributed by atoms with E-state index in [1.807, 2.05) is 0 Å².